The van der Waals surface area contributed by atoms with E-state index in [1.165, 1.54) is 0 Å². The molecule has 3 aromatic carbocycles. The van der Waals surface area contributed by atoms with Crippen LogP contribution in [-0.2, 0) is 0 Å². The van der Waals surface area contributed by atoms with Gasteiger partial charge in [-0.25, -0.2) is 4.98 Å². The van der Waals surface area contributed by atoms with Crippen molar-refractivity contribution >= 4 is 22.4 Å². The first kappa shape index (κ1) is 19.5. The quantitative estimate of drug-likeness (QED) is 0.387. The van der Waals surface area contributed by atoms with E-state index in [2.05, 4.69) is 15.3 Å². The fourth-order valence-corrected chi connectivity index (χ4v) is 3.59. The van der Waals surface area contributed by atoms with Crippen molar-refractivity contribution in [3.63, 3.8) is 0 Å². The third kappa shape index (κ3) is 3.70. The van der Waals surface area contributed by atoms with Gasteiger partial charge in [0.05, 0.1) is 13.3 Å². The number of hydrogen-bond acceptors (Lipinski definition) is 5. The summed E-state index contributed by atoms with van der Waals surface area (Å²) in [6.07, 6.45) is 3.29. The Balaban J connectivity index is 1.55. The number of anilines is 1. The number of pyridine rings is 1. The van der Waals surface area contributed by atoms with Gasteiger partial charge < -0.3 is 14.5 Å². The average molecular weight is 421 g/mol. The number of amides is 1. The van der Waals surface area contributed by atoms with Gasteiger partial charge in [-0.3, -0.25) is 9.78 Å². The summed E-state index contributed by atoms with van der Waals surface area (Å²) < 4.78 is 11.3. The van der Waals surface area contributed by atoms with Crippen molar-refractivity contribution in [2.45, 2.75) is 0 Å². The number of benzene rings is 3. The first-order valence-electron chi connectivity index (χ1n) is 10.1. The maximum atomic E-state index is 12.7. The topological polar surface area (TPSA) is 77.2 Å². The molecule has 0 unspecified atom stereocenters. The van der Waals surface area contributed by atoms with Crippen LogP contribution in [-0.4, -0.2) is 23.0 Å². The molecule has 0 fully saturated rings. The van der Waals surface area contributed by atoms with Crippen LogP contribution in [0.25, 0.3) is 33.6 Å². The Morgan fingerprint density at radius 1 is 0.906 bits per heavy atom. The van der Waals surface area contributed by atoms with E-state index in [4.69, 9.17) is 9.15 Å². The molecular formula is C26H19N3O3. The van der Waals surface area contributed by atoms with Gasteiger partial charge in [0.25, 0.3) is 5.91 Å². The summed E-state index contributed by atoms with van der Waals surface area (Å²) in [4.78, 5) is 21.4. The van der Waals surface area contributed by atoms with Crippen molar-refractivity contribution in [1.29, 1.82) is 0 Å². The summed E-state index contributed by atoms with van der Waals surface area (Å²) in [6, 6.07) is 24.4. The van der Waals surface area contributed by atoms with Crippen LogP contribution in [0.4, 0.5) is 5.69 Å². The molecule has 32 heavy (non-hydrogen) atoms. The maximum absolute atomic E-state index is 12.7. The van der Waals surface area contributed by atoms with E-state index in [0.717, 1.165) is 27.6 Å². The number of nitrogens with zero attached hydrogens (tertiary/aromatic N) is 2. The summed E-state index contributed by atoms with van der Waals surface area (Å²) in [7, 11) is 1.63. The Kier molecular flexibility index (Phi) is 5.09. The van der Waals surface area contributed by atoms with Gasteiger partial charge in [-0.2, -0.15) is 0 Å². The van der Waals surface area contributed by atoms with Crippen molar-refractivity contribution in [2.24, 2.45) is 0 Å². The monoisotopic (exact) mass is 421 g/mol. The van der Waals surface area contributed by atoms with E-state index in [0.29, 0.717) is 23.0 Å². The minimum Gasteiger partial charge on any atom is -0.497 e. The van der Waals surface area contributed by atoms with E-state index in [9.17, 15) is 4.79 Å². The molecule has 0 saturated carbocycles. The fraction of sp³-hybridized carbons (Fsp3) is 0.0385. The van der Waals surface area contributed by atoms with E-state index < -0.39 is 0 Å². The Bertz CT molecular complexity index is 1390. The largest absolute Gasteiger partial charge is 0.497 e. The summed E-state index contributed by atoms with van der Waals surface area (Å²) in [5.41, 5.74) is 2.70. The van der Waals surface area contributed by atoms with Crippen LogP contribution in [0.5, 0.6) is 5.75 Å². The number of carbonyl (C=O) groups excluding carboxylic acids is 1. The molecule has 1 N–H and O–H groups in total. The average Bonchev–Trinajstić information content (AvgIpc) is 3.34. The van der Waals surface area contributed by atoms with E-state index in [-0.39, 0.29) is 5.91 Å². The van der Waals surface area contributed by atoms with Gasteiger partial charge in [0.1, 0.15) is 11.4 Å². The number of ether oxygens (including phenoxy) is 1. The van der Waals surface area contributed by atoms with Gasteiger partial charge in [-0.1, -0.05) is 30.3 Å². The van der Waals surface area contributed by atoms with Gasteiger partial charge in [-0.05, 0) is 53.9 Å². The molecule has 0 spiro atoms. The molecule has 0 aliphatic rings. The highest BCUT2D eigenvalue weighted by atomic mass is 16.5. The number of fused-ring (bicyclic) bond motifs is 1. The molecule has 6 nitrogen and oxygen atoms in total. The molecule has 0 radical (unpaired) electrons. The summed E-state index contributed by atoms with van der Waals surface area (Å²) in [6.45, 7) is 0. The van der Waals surface area contributed by atoms with Crippen LogP contribution >= 0.6 is 0 Å². The van der Waals surface area contributed by atoms with Crippen LogP contribution in [0.1, 0.15) is 10.5 Å². The zero-order chi connectivity index (χ0) is 21.9. The highest BCUT2D eigenvalue weighted by molar-refractivity contribution is 6.11. The molecule has 0 saturated heterocycles. The Morgan fingerprint density at radius 3 is 2.47 bits per heavy atom. The molecule has 0 aliphatic heterocycles. The predicted octanol–water partition coefficient (Wildman–Crippen LogP) is 5.82. The lowest BCUT2D eigenvalue weighted by Gasteiger charge is -2.11. The second-order valence-corrected chi connectivity index (χ2v) is 7.14. The van der Waals surface area contributed by atoms with Crippen molar-refractivity contribution in [3.05, 3.63) is 97.0 Å². The molecule has 0 atom stereocenters. The molecule has 0 aliphatic carbocycles. The highest BCUT2D eigenvalue weighted by Crippen LogP contribution is 2.35. The standard InChI is InChI=1S/C26H19N3O3/c1-31-19-13-11-17(12-14-19)23-16-28-26(32-23)20-8-4-6-18-7-5-10-21(24(18)20)29-25(30)22-9-2-3-15-27-22/h2-16H,1H3,(H,29,30). The summed E-state index contributed by atoms with van der Waals surface area (Å²) >= 11 is 0. The summed E-state index contributed by atoms with van der Waals surface area (Å²) in [5, 5.41) is 4.79. The Hall–Kier alpha value is -4.45. The number of oxazole rings is 1. The zero-order valence-corrected chi connectivity index (χ0v) is 17.3. The van der Waals surface area contributed by atoms with Crippen LogP contribution in [0.15, 0.2) is 95.7 Å². The van der Waals surface area contributed by atoms with Crippen LogP contribution in [0.3, 0.4) is 0 Å². The number of nitrogens with one attached hydrogen (secondary N) is 1. The number of methoxy groups -OCH3 is 1. The lowest BCUT2D eigenvalue weighted by atomic mass is 10.0. The second kappa shape index (κ2) is 8.35. The van der Waals surface area contributed by atoms with Crippen molar-refractivity contribution in [1.82, 2.24) is 9.97 Å². The van der Waals surface area contributed by atoms with Gasteiger partial charge in [0.2, 0.25) is 5.89 Å². The molecule has 5 aromatic rings. The van der Waals surface area contributed by atoms with Crippen molar-refractivity contribution in [2.75, 3.05) is 12.4 Å². The van der Waals surface area contributed by atoms with Gasteiger partial charge in [0.15, 0.2) is 5.76 Å². The lowest BCUT2D eigenvalue weighted by Crippen LogP contribution is -2.13. The SMILES string of the molecule is COc1ccc(-c2cnc(-c3cccc4cccc(NC(=O)c5ccccn5)c34)o2)cc1. The Labute approximate surface area is 184 Å². The van der Waals surface area contributed by atoms with Crippen LogP contribution in [0.2, 0.25) is 0 Å². The lowest BCUT2D eigenvalue weighted by molar-refractivity contribution is 0.102. The number of hydrogen-bond donors (Lipinski definition) is 1. The third-order valence-corrected chi connectivity index (χ3v) is 5.16. The van der Waals surface area contributed by atoms with Crippen molar-refractivity contribution < 1.29 is 13.9 Å². The predicted molar refractivity (Wildman–Crippen MR) is 124 cm³/mol. The maximum Gasteiger partial charge on any atom is 0.274 e. The van der Waals surface area contributed by atoms with E-state index in [1.807, 2.05) is 60.7 Å². The molecule has 6 heteroatoms. The second-order valence-electron chi connectivity index (χ2n) is 7.14. The minimum absolute atomic E-state index is 0.278. The van der Waals surface area contributed by atoms with Gasteiger partial charge >= 0.3 is 0 Å². The minimum atomic E-state index is -0.278. The van der Waals surface area contributed by atoms with E-state index in [1.54, 1.807) is 37.7 Å². The molecule has 2 heterocycles. The molecule has 5 rings (SSSR count). The zero-order valence-electron chi connectivity index (χ0n) is 17.3. The van der Waals surface area contributed by atoms with Gasteiger partial charge in [-0.15, -0.1) is 0 Å². The fourth-order valence-electron chi connectivity index (χ4n) is 3.59. The first-order valence-corrected chi connectivity index (χ1v) is 10.1. The van der Waals surface area contributed by atoms with E-state index >= 15 is 0 Å². The number of carbonyl (C=O) groups is 1. The normalized spacial score (nSPS) is 10.8. The van der Waals surface area contributed by atoms with Crippen molar-refractivity contribution in [3.8, 4) is 28.5 Å². The molecular weight excluding hydrogens is 402 g/mol. The first-order chi connectivity index (χ1) is 15.7. The smallest absolute Gasteiger partial charge is 0.274 e. The highest BCUT2D eigenvalue weighted by Gasteiger charge is 2.16. The number of rotatable bonds is 5. The third-order valence-electron chi connectivity index (χ3n) is 5.16. The molecule has 1 amide bonds. The van der Waals surface area contributed by atoms with Crippen LogP contribution < -0.4 is 10.1 Å². The Morgan fingerprint density at radius 2 is 1.72 bits per heavy atom. The number of aromatic nitrogens is 2. The molecule has 2 aromatic heterocycles. The molecule has 156 valence electrons. The van der Waals surface area contributed by atoms with Crippen LogP contribution in [0, 0.1) is 0 Å². The summed E-state index contributed by atoms with van der Waals surface area (Å²) in [5.74, 6) is 1.62. The van der Waals surface area contributed by atoms with Gasteiger partial charge in [0, 0.05) is 28.4 Å². The molecule has 0 bridgehead atoms.